The number of hydrogen-bond donors (Lipinski definition) is 0. The molecule has 1 aromatic heterocycles. The largest absolute Gasteiger partial charge is 0.226 e. The van der Waals surface area contributed by atoms with E-state index >= 15 is 0 Å². The zero-order valence-electron chi connectivity index (χ0n) is 28.9. The van der Waals surface area contributed by atoms with Crippen LogP contribution in [0, 0.1) is 0 Å². The van der Waals surface area contributed by atoms with E-state index < -0.39 is 55.7 Å². The lowest BCUT2D eigenvalue weighted by atomic mass is 10.2. The number of benzene rings is 5. The van der Waals surface area contributed by atoms with Crippen LogP contribution in [0.3, 0.4) is 0 Å². The normalized spacial score (nSPS) is 14.6. The molecule has 0 amide bonds. The van der Waals surface area contributed by atoms with Gasteiger partial charge in [0.2, 0.25) is 5.28 Å². The molecule has 0 aliphatic rings. The highest BCUT2D eigenvalue weighted by Gasteiger charge is 2.41. The summed E-state index contributed by atoms with van der Waals surface area (Å²) in [5.74, 6) is -0.648. The molecule has 0 aliphatic carbocycles. The van der Waals surface area contributed by atoms with E-state index in [0.29, 0.717) is 0 Å². The molecule has 6 aromatic rings. The molecule has 0 aliphatic heterocycles. The fourth-order valence-electron chi connectivity index (χ4n) is 4.58. The fraction of sp³-hybridized carbons (Fsp3) is 0. The first kappa shape index (κ1) is 15.8. The molecule has 3 nitrogen and oxygen atoms in total. The molecule has 38 heavy (non-hydrogen) atoms. The number of aromatic nitrogens is 3. The average Bonchev–Trinajstić information content (AvgIpc) is 3.08. The van der Waals surface area contributed by atoms with E-state index in [9.17, 15) is 2.74 Å². The van der Waals surface area contributed by atoms with Gasteiger partial charge >= 0.3 is 0 Å². The molecule has 0 fully saturated rings. The van der Waals surface area contributed by atoms with Gasteiger partial charge in [0.25, 0.3) is 0 Å². The standard InChI is InChI=1S/C33H24ClN3Si/c34-33-36-31(25-14-5-1-6-15-25)35-32(37-33)26-16-13-23-30(24-26)38(27-17-7-2-8-18-27,28-19-9-3-10-20-28)29-21-11-4-12-22-29/h1-24H/i1D,5D,6D,13D,14D,15D,16D,23D,24D. The van der Waals surface area contributed by atoms with Gasteiger partial charge in [-0.15, -0.1) is 0 Å². The van der Waals surface area contributed by atoms with Gasteiger partial charge in [-0.2, -0.15) is 9.97 Å². The summed E-state index contributed by atoms with van der Waals surface area (Å²) in [6.45, 7) is 0. The third-order valence-electron chi connectivity index (χ3n) is 6.18. The van der Waals surface area contributed by atoms with E-state index in [4.69, 9.17) is 21.2 Å². The van der Waals surface area contributed by atoms with Crippen LogP contribution < -0.4 is 20.7 Å². The van der Waals surface area contributed by atoms with E-state index in [2.05, 4.69) is 15.0 Å². The smallest absolute Gasteiger partial charge is 0.208 e. The molecule has 0 atom stereocenters. The number of halogens is 1. The lowest BCUT2D eigenvalue weighted by Gasteiger charge is -2.34. The van der Waals surface area contributed by atoms with E-state index in [1.807, 2.05) is 91.0 Å². The maximum atomic E-state index is 9.70. The Kier molecular flexibility index (Phi) is 4.38. The second-order valence-corrected chi connectivity index (χ2v) is 12.4. The van der Waals surface area contributed by atoms with E-state index in [1.54, 1.807) is 0 Å². The monoisotopic (exact) mass is 534 g/mol. The Bertz CT molecular complexity index is 2030. The summed E-state index contributed by atoms with van der Waals surface area (Å²) in [4.78, 5) is 12.7. The van der Waals surface area contributed by atoms with E-state index in [0.717, 1.165) is 15.6 Å². The van der Waals surface area contributed by atoms with Gasteiger partial charge < -0.3 is 0 Å². The maximum absolute atomic E-state index is 9.70. The highest BCUT2D eigenvalue weighted by atomic mass is 35.5. The lowest BCUT2D eigenvalue weighted by Crippen LogP contribution is -2.74. The molecule has 0 saturated carbocycles. The molecule has 1 heterocycles. The van der Waals surface area contributed by atoms with Crippen LogP contribution in [0.25, 0.3) is 22.8 Å². The number of nitrogens with zero attached hydrogens (tertiary/aromatic N) is 3. The Hall–Kier alpha value is -4.38. The topological polar surface area (TPSA) is 38.7 Å². The summed E-state index contributed by atoms with van der Waals surface area (Å²) >= 11 is 6.35. The summed E-state index contributed by atoms with van der Waals surface area (Å²) in [5, 5.41) is 2.36. The molecule has 0 bridgehead atoms. The van der Waals surface area contributed by atoms with Gasteiger partial charge in [-0.05, 0) is 32.3 Å². The van der Waals surface area contributed by atoms with E-state index in [-0.39, 0.29) is 40.0 Å². The zero-order valence-corrected chi connectivity index (χ0v) is 21.6. The van der Waals surface area contributed by atoms with Gasteiger partial charge in [-0.1, -0.05) is 145 Å². The quantitative estimate of drug-likeness (QED) is 0.217. The minimum atomic E-state index is -3.55. The van der Waals surface area contributed by atoms with Crippen molar-refractivity contribution >= 4 is 40.4 Å². The van der Waals surface area contributed by atoms with Crippen molar-refractivity contribution in [2.24, 2.45) is 0 Å². The highest BCUT2D eigenvalue weighted by Crippen LogP contribution is 2.22. The first-order valence-electron chi connectivity index (χ1n) is 16.3. The molecule has 0 spiro atoms. The third-order valence-corrected chi connectivity index (χ3v) is 10.9. The van der Waals surface area contributed by atoms with Crippen molar-refractivity contribution in [1.29, 1.82) is 0 Å². The van der Waals surface area contributed by atoms with Crippen molar-refractivity contribution in [2.45, 2.75) is 0 Å². The Labute approximate surface area is 241 Å². The van der Waals surface area contributed by atoms with Crippen molar-refractivity contribution in [3.8, 4) is 22.8 Å². The molecular weight excluding hydrogens is 502 g/mol. The van der Waals surface area contributed by atoms with Crippen LogP contribution in [0.2, 0.25) is 5.28 Å². The Balaban J connectivity index is 1.75. The van der Waals surface area contributed by atoms with Crippen molar-refractivity contribution in [2.75, 3.05) is 0 Å². The Morgan fingerprint density at radius 1 is 0.500 bits per heavy atom. The van der Waals surface area contributed by atoms with E-state index in [1.165, 1.54) is 0 Å². The van der Waals surface area contributed by atoms with Crippen LogP contribution in [0.5, 0.6) is 0 Å². The van der Waals surface area contributed by atoms with Gasteiger partial charge in [0.1, 0.15) is 0 Å². The molecule has 0 N–H and O–H groups in total. The summed E-state index contributed by atoms with van der Waals surface area (Å²) in [6, 6.07) is 24.2. The molecule has 182 valence electrons. The van der Waals surface area contributed by atoms with Crippen molar-refractivity contribution in [3.63, 3.8) is 0 Å². The minimum absolute atomic E-state index is 0.196. The van der Waals surface area contributed by atoms with Crippen LogP contribution in [0.4, 0.5) is 0 Å². The molecule has 5 heteroatoms. The second-order valence-electron chi connectivity index (χ2n) is 8.35. The van der Waals surface area contributed by atoms with Crippen LogP contribution in [0.1, 0.15) is 12.3 Å². The van der Waals surface area contributed by atoms with Crippen LogP contribution in [-0.4, -0.2) is 23.0 Å². The molecule has 6 rings (SSSR count). The second kappa shape index (κ2) is 10.5. The SMILES string of the molecule is [2H]c1c([2H])c([2H])c(-c2nc(Cl)nc(-c3c([2H])c([2H])c([2H])c([Si](c4ccccc4)(c4ccccc4)c4ccccc4)c3[2H])n2)c([2H])c1[2H]. The predicted octanol–water partition coefficient (Wildman–Crippen LogP) is 5.24. The first-order valence-corrected chi connectivity index (χ1v) is 14.1. The van der Waals surface area contributed by atoms with Gasteiger partial charge in [-0.3, -0.25) is 0 Å². The van der Waals surface area contributed by atoms with Crippen molar-refractivity contribution < 1.29 is 12.3 Å². The molecule has 0 saturated heterocycles. The summed E-state index contributed by atoms with van der Waals surface area (Å²) in [6.07, 6.45) is 0. The van der Waals surface area contributed by atoms with Crippen LogP contribution in [-0.2, 0) is 0 Å². The van der Waals surface area contributed by atoms with Gasteiger partial charge in [0, 0.05) is 11.1 Å². The fourth-order valence-corrected chi connectivity index (χ4v) is 9.24. The molecule has 0 radical (unpaired) electrons. The Morgan fingerprint density at radius 3 is 1.50 bits per heavy atom. The summed E-state index contributed by atoms with van der Waals surface area (Å²) in [7, 11) is -3.55. The Morgan fingerprint density at radius 2 is 0.974 bits per heavy atom. The van der Waals surface area contributed by atoms with Crippen molar-refractivity contribution in [1.82, 2.24) is 15.0 Å². The molecular formula is C33H24ClN3Si. The van der Waals surface area contributed by atoms with Gasteiger partial charge in [0.15, 0.2) is 19.7 Å². The van der Waals surface area contributed by atoms with Gasteiger partial charge in [0.05, 0.1) is 12.3 Å². The predicted molar refractivity (Wildman–Crippen MR) is 159 cm³/mol. The maximum Gasteiger partial charge on any atom is 0.226 e. The molecule has 0 unspecified atom stereocenters. The lowest BCUT2D eigenvalue weighted by molar-refractivity contribution is 1.07. The number of hydrogen-bond acceptors (Lipinski definition) is 3. The summed E-state index contributed by atoms with van der Waals surface area (Å²) in [5.41, 5.74) is -0.525. The van der Waals surface area contributed by atoms with Crippen LogP contribution in [0.15, 0.2) is 145 Å². The average molecular weight is 535 g/mol. The zero-order chi connectivity index (χ0) is 33.6. The highest BCUT2D eigenvalue weighted by molar-refractivity contribution is 7.19. The van der Waals surface area contributed by atoms with Crippen LogP contribution >= 0.6 is 11.6 Å². The van der Waals surface area contributed by atoms with Gasteiger partial charge in [-0.25, -0.2) is 4.98 Å². The third kappa shape index (κ3) is 4.45. The summed E-state index contributed by atoms with van der Waals surface area (Å²) < 4.78 is 78.0. The minimum Gasteiger partial charge on any atom is -0.208 e. The number of rotatable bonds is 6. The molecule has 5 aromatic carbocycles. The first-order chi connectivity index (χ1) is 22.5. The van der Waals surface area contributed by atoms with Crippen molar-refractivity contribution in [3.05, 3.63) is 151 Å².